The van der Waals surface area contributed by atoms with Gasteiger partial charge in [-0.1, -0.05) is 23.7 Å². The summed E-state index contributed by atoms with van der Waals surface area (Å²) in [5.74, 6) is 1.10. The molecule has 6 heteroatoms. The summed E-state index contributed by atoms with van der Waals surface area (Å²) in [7, 11) is 1.65. The van der Waals surface area contributed by atoms with Crippen molar-refractivity contribution in [2.24, 2.45) is 0 Å². The number of nitrogens with zero attached hydrogens (tertiary/aromatic N) is 1. The third-order valence-electron chi connectivity index (χ3n) is 3.80. The molecule has 0 unspecified atom stereocenters. The van der Waals surface area contributed by atoms with Gasteiger partial charge in [0.1, 0.15) is 0 Å². The van der Waals surface area contributed by atoms with Crippen molar-refractivity contribution in [2.45, 2.75) is 19.4 Å². The first-order chi connectivity index (χ1) is 12.6. The van der Waals surface area contributed by atoms with E-state index in [-0.39, 0.29) is 5.91 Å². The number of amides is 1. The van der Waals surface area contributed by atoms with Crippen LogP contribution in [0.15, 0.2) is 59.1 Å². The van der Waals surface area contributed by atoms with E-state index in [2.05, 4.69) is 10.3 Å². The first-order valence-corrected chi connectivity index (χ1v) is 8.60. The zero-order valence-electron chi connectivity index (χ0n) is 14.4. The maximum Gasteiger partial charge on any atom is 0.224 e. The van der Waals surface area contributed by atoms with Crippen LogP contribution in [0.2, 0.25) is 5.02 Å². The summed E-state index contributed by atoms with van der Waals surface area (Å²) in [6, 6.07) is 14.9. The zero-order valence-corrected chi connectivity index (χ0v) is 15.1. The molecule has 0 aliphatic carbocycles. The largest absolute Gasteiger partial charge is 0.441 e. The molecule has 1 aromatic heterocycles. The second-order valence-electron chi connectivity index (χ2n) is 5.80. The predicted octanol–water partition coefficient (Wildman–Crippen LogP) is 4.71. The number of aryl methyl sites for hydroxylation is 1. The lowest BCUT2D eigenvalue weighted by atomic mass is 10.2. The number of ether oxygens (including phenoxy) is 1. The maximum absolute atomic E-state index is 12.1. The Bertz CT molecular complexity index is 858. The zero-order chi connectivity index (χ0) is 18.4. The van der Waals surface area contributed by atoms with Crippen molar-refractivity contribution >= 4 is 23.2 Å². The predicted molar refractivity (Wildman–Crippen MR) is 101 cm³/mol. The van der Waals surface area contributed by atoms with Crippen LogP contribution in [-0.4, -0.2) is 18.0 Å². The molecule has 3 rings (SSSR count). The van der Waals surface area contributed by atoms with Gasteiger partial charge in [-0.05, 0) is 42.0 Å². The molecule has 0 atom stereocenters. The van der Waals surface area contributed by atoms with Crippen molar-refractivity contribution in [3.8, 4) is 11.3 Å². The van der Waals surface area contributed by atoms with Gasteiger partial charge in [-0.25, -0.2) is 4.98 Å². The van der Waals surface area contributed by atoms with Crippen LogP contribution in [0.1, 0.15) is 17.9 Å². The fourth-order valence-electron chi connectivity index (χ4n) is 2.47. The van der Waals surface area contributed by atoms with E-state index in [0.29, 0.717) is 36.1 Å². The SMILES string of the molecule is COCc1ccc(NC(=O)CCc2ncc(-c3ccc(Cl)cc3)o2)cc1. The Balaban J connectivity index is 1.52. The molecule has 26 heavy (non-hydrogen) atoms. The minimum absolute atomic E-state index is 0.0873. The normalized spacial score (nSPS) is 10.7. The van der Waals surface area contributed by atoms with Crippen LogP contribution in [-0.2, 0) is 22.6 Å². The average molecular weight is 371 g/mol. The van der Waals surface area contributed by atoms with E-state index < -0.39 is 0 Å². The number of benzene rings is 2. The van der Waals surface area contributed by atoms with E-state index in [9.17, 15) is 4.79 Å². The Kier molecular flexibility index (Phi) is 6.04. The van der Waals surface area contributed by atoms with Crippen LogP contribution in [0.4, 0.5) is 5.69 Å². The number of carbonyl (C=O) groups is 1. The number of methoxy groups -OCH3 is 1. The van der Waals surface area contributed by atoms with E-state index in [1.54, 1.807) is 25.4 Å². The molecule has 0 bridgehead atoms. The lowest BCUT2D eigenvalue weighted by Crippen LogP contribution is -2.12. The Morgan fingerprint density at radius 2 is 1.88 bits per heavy atom. The molecular formula is C20H19ClN2O3. The molecule has 3 aromatic rings. The Hall–Kier alpha value is -2.63. The fourth-order valence-corrected chi connectivity index (χ4v) is 2.59. The topological polar surface area (TPSA) is 64.4 Å². The van der Waals surface area contributed by atoms with E-state index in [0.717, 1.165) is 16.8 Å². The second-order valence-corrected chi connectivity index (χ2v) is 6.24. The van der Waals surface area contributed by atoms with Gasteiger partial charge in [0.05, 0.1) is 12.8 Å². The smallest absolute Gasteiger partial charge is 0.224 e. The van der Waals surface area contributed by atoms with Crippen LogP contribution in [0.25, 0.3) is 11.3 Å². The Labute approximate surface area is 157 Å². The highest BCUT2D eigenvalue weighted by molar-refractivity contribution is 6.30. The molecular weight excluding hydrogens is 352 g/mol. The van der Waals surface area contributed by atoms with Crippen LogP contribution in [0.3, 0.4) is 0 Å². The Morgan fingerprint density at radius 1 is 1.15 bits per heavy atom. The van der Waals surface area contributed by atoms with Crippen LogP contribution in [0.5, 0.6) is 0 Å². The van der Waals surface area contributed by atoms with Gasteiger partial charge in [0, 0.05) is 36.2 Å². The lowest BCUT2D eigenvalue weighted by Gasteiger charge is -2.05. The molecule has 1 N–H and O–H groups in total. The molecule has 0 saturated heterocycles. The Morgan fingerprint density at radius 3 is 2.58 bits per heavy atom. The monoisotopic (exact) mass is 370 g/mol. The second kappa shape index (κ2) is 8.65. The number of aromatic nitrogens is 1. The molecule has 0 spiro atoms. The average Bonchev–Trinajstić information content (AvgIpc) is 3.11. The third kappa shape index (κ3) is 4.94. The number of halogens is 1. The molecule has 1 amide bonds. The molecule has 0 aliphatic heterocycles. The summed E-state index contributed by atoms with van der Waals surface area (Å²) in [5.41, 5.74) is 2.71. The summed E-state index contributed by atoms with van der Waals surface area (Å²) >= 11 is 5.88. The van der Waals surface area contributed by atoms with Gasteiger partial charge in [-0.3, -0.25) is 4.79 Å². The molecule has 0 aliphatic rings. The first-order valence-electron chi connectivity index (χ1n) is 8.22. The van der Waals surface area contributed by atoms with Gasteiger partial charge in [-0.2, -0.15) is 0 Å². The van der Waals surface area contributed by atoms with Gasteiger partial charge in [0.15, 0.2) is 11.7 Å². The fraction of sp³-hybridized carbons (Fsp3) is 0.200. The molecule has 2 aromatic carbocycles. The minimum Gasteiger partial charge on any atom is -0.441 e. The van der Waals surface area contributed by atoms with Gasteiger partial charge >= 0.3 is 0 Å². The van der Waals surface area contributed by atoms with Gasteiger partial charge < -0.3 is 14.5 Å². The van der Waals surface area contributed by atoms with Crippen molar-refractivity contribution in [3.63, 3.8) is 0 Å². The molecule has 1 heterocycles. The lowest BCUT2D eigenvalue weighted by molar-refractivity contribution is -0.116. The number of carbonyl (C=O) groups excluding carboxylic acids is 1. The molecule has 0 radical (unpaired) electrons. The van der Waals surface area contributed by atoms with Gasteiger partial charge in [-0.15, -0.1) is 0 Å². The highest BCUT2D eigenvalue weighted by Crippen LogP contribution is 2.22. The van der Waals surface area contributed by atoms with Gasteiger partial charge in [0.2, 0.25) is 5.91 Å². The van der Waals surface area contributed by atoms with E-state index in [1.807, 2.05) is 36.4 Å². The van der Waals surface area contributed by atoms with Crippen molar-refractivity contribution in [1.29, 1.82) is 0 Å². The van der Waals surface area contributed by atoms with Crippen molar-refractivity contribution in [3.05, 3.63) is 71.2 Å². The first kappa shape index (κ1) is 18.2. The molecule has 0 fully saturated rings. The molecule has 134 valence electrons. The van der Waals surface area contributed by atoms with Crippen molar-refractivity contribution in [2.75, 3.05) is 12.4 Å². The van der Waals surface area contributed by atoms with Crippen LogP contribution < -0.4 is 5.32 Å². The van der Waals surface area contributed by atoms with Crippen LogP contribution in [0, 0.1) is 0 Å². The number of anilines is 1. The molecule has 0 saturated carbocycles. The van der Waals surface area contributed by atoms with Crippen LogP contribution >= 0.6 is 11.6 Å². The summed E-state index contributed by atoms with van der Waals surface area (Å²) in [6.07, 6.45) is 2.38. The van der Waals surface area contributed by atoms with Crippen molar-refractivity contribution in [1.82, 2.24) is 4.98 Å². The number of rotatable bonds is 7. The number of hydrogen-bond donors (Lipinski definition) is 1. The summed E-state index contributed by atoms with van der Waals surface area (Å²) in [5, 5.41) is 3.53. The number of hydrogen-bond acceptors (Lipinski definition) is 4. The van der Waals surface area contributed by atoms with E-state index in [4.69, 9.17) is 20.8 Å². The summed E-state index contributed by atoms with van der Waals surface area (Å²) in [6.45, 7) is 0.550. The standard InChI is InChI=1S/C20H19ClN2O3/c1-25-13-14-2-8-17(9-3-14)23-19(24)10-11-20-22-12-18(26-20)15-4-6-16(21)7-5-15/h2-9,12H,10-11,13H2,1H3,(H,23,24). The molecule has 5 nitrogen and oxygen atoms in total. The highest BCUT2D eigenvalue weighted by atomic mass is 35.5. The number of nitrogens with one attached hydrogen (secondary N) is 1. The van der Waals surface area contributed by atoms with Gasteiger partial charge in [0.25, 0.3) is 0 Å². The van der Waals surface area contributed by atoms with Crippen molar-refractivity contribution < 1.29 is 13.9 Å². The quantitative estimate of drug-likeness (QED) is 0.654. The minimum atomic E-state index is -0.0873. The summed E-state index contributed by atoms with van der Waals surface area (Å²) < 4.78 is 10.8. The van der Waals surface area contributed by atoms with E-state index >= 15 is 0 Å². The summed E-state index contributed by atoms with van der Waals surface area (Å²) in [4.78, 5) is 16.3. The third-order valence-corrected chi connectivity index (χ3v) is 4.05. The number of oxazole rings is 1. The maximum atomic E-state index is 12.1. The highest BCUT2D eigenvalue weighted by Gasteiger charge is 2.09. The van der Waals surface area contributed by atoms with E-state index in [1.165, 1.54) is 0 Å².